The number of hydrogen-bond acceptors (Lipinski definition) is 5. The molecule has 0 bridgehead atoms. The van der Waals surface area contributed by atoms with Crippen LogP contribution in [0.5, 0.6) is 5.75 Å². The van der Waals surface area contributed by atoms with Gasteiger partial charge in [-0.25, -0.2) is 0 Å². The van der Waals surface area contributed by atoms with E-state index in [1.54, 1.807) is 14.0 Å². The van der Waals surface area contributed by atoms with Crippen LogP contribution in [0.15, 0.2) is 35.9 Å². The van der Waals surface area contributed by atoms with Crippen molar-refractivity contribution >= 4 is 5.78 Å². The van der Waals surface area contributed by atoms with Gasteiger partial charge in [-0.15, -0.1) is 0 Å². The number of hydrogen-bond donors (Lipinski definition) is 2. The summed E-state index contributed by atoms with van der Waals surface area (Å²) < 4.78 is 11.3. The van der Waals surface area contributed by atoms with Crippen LogP contribution in [-0.2, 0) is 16.1 Å². The molecule has 186 valence electrons. The summed E-state index contributed by atoms with van der Waals surface area (Å²) in [5.74, 6) is 0.998. The highest BCUT2D eigenvalue weighted by Crippen LogP contribution is 2.66. The molecule has 5 nitrogen and oxygen atoms in total. The van der Waals surface area contributed by atoms with Crippen LogP contribution < -0.4 is 4.74 Å². The lowest BCUT2D eigenvalue weighted by atomic mass is 9.46. The van der Waals surface area contributed by atoms with Gasteiger partial charge in [0.05, 0.1) is 19.8 Å². The first-order chi connectivity index (χ1) is 16.1. The summed E-state index contributed by atoms with van der Waals surface area (Å²) in [6.07, 6.45) is 7.49. The van der Waals surface area contributed by atoms with Crippen LogP contribution in [0.4, 0.5) is 0 Å². The zero-order valence-corrected chi connectivity index (χ0v) is 21.0. The third kappa shape index (κ3) is 3.75. The predicted molar refractivity (Wildman–Crippen MR) is 130 cm³/mol. The highest BCUT2D eigenvalue weighted by Gasteiger charge is 2.62. The molecular formula is C29H40O5. The standard InChI is InChI=1S/C29H40O5/c1-18(30)22-9-10-23-26-24(11-12-28(22,23)3)27(2)13-14-29(32,16-20(27)15-25(26)31)34-17-19-5-7-21(33-4)8-6-19/h5-8,15,22-26,31-32H,9-14,16-17H2,1-4H3/t22-,23?,24?,25?,26?,27+,28-,29+/m1/s1. The molecule has 4 aliphatic carbocycles. The van der Waals surface area contributed by atoms with E-state index in [9.17, 15) is 15.0 Å². The van der Waals surface area contributed by atoms with Crippen LogP contribution in [0.2, 0.25) is 0 Å². The van der Waals surface area contributed by atoms with Crippen molar-refractivity contribution in [3.05, 3.63) is 41.5 Å². The lowest BCUT2D eigenvalue weighted by molar-refractivity contribution is -0.233. The smallest absolute Gasteiger partial charge is 0.169 e. The van der Waals surface area contributed by atoms with Gasteiger partial charge >= 0.3 is 0 Å². The van der Waals surface area contributed by atoms with Crippen LogP contribution in [-0.4, -0.2) is 35.0 Å². The summed E-state index contributed by atoms with van der Waals surface area (Å²) in [5.41, 5.74) is 2.12. The van der Waals surface area contributed by atoms with Crippen molar-refractivity contribution in [3.8, 4) is 5.75 Å². The number of carbonyl (C=O) groups excluding carboxylic acids is 1. The number of carbonyl (C=O) groups is 1. The Bertz CT molecular complexity index is 969. The van der Waals surface area contributed by atoms with E-state index in [-0.39, 0.29) is 22.7 Å². The number of Topliss-reactive ketones (excluding diaryl/α,β-unsaturated/α-hetero) is 1. The van der Waals surface area contributed by atoms with E-state index in [0.717, 1.165) is 49.0 Å². The van der Waals surface area contributed by atoms with Gasteiger partial charge in [0.1, 0.15) is 11.5 Å². The van der Waals surface area contributed by atoms with E-state index in [2.05, 4.69) is 13.8 Å². The van der Waals surface area contributed by atoms with E-state index < -0.39 is 11.9 Å². The monoisotopic (exact) mass is 468 g/mol. The molecule has 2 N–H and O–H groups in total. The number of ether oxygens (including phenoxy) is 2. The zero-order valence-electron chi connectivity index (χ0n) is 21.0. The maximum atomic E-state index is 12.4. The molecule has 34 heavy (non-hydrogen) atoms. The number of fused-ring (bicyclic) bond motifs is 5. The van der Waals surface area contributed by atoms with E-state index >= 15 is 0 Å². The molecule has 8 atom stereocenters. The fourth-order valence-corrected chi connectivity index (χ4v) is 8.34. The minimum Gasteiger partial charge on any atom is -0.497 e. The highest BCUT2D eigenvalue weighted by atomic mass is 16.6. The minimum absolute atomic E-state index is 0.00651. The average molecular weight is 469 g/mol. The molecule has 0 radical (unpaired) electrons. The molecule has 0 aromatic heterocycles. The summed E-state index contributed by atoms with van der Waals surface area (Å²) in [4.78, 5) is 12.4. The molecule has 5 heteroatoms. The van der Waals surface area contributed by atoms with Crippen molar-refractivity contribution in [2.24, 2.45) is 34.5 Å². The molecule has 0 saturated heterocycles. The first kappa shape index (κ1) is 24.0. The van der Waals surface area contributed by atoms with Crippen molar-refractivity contribution in [3.63, 3.8) is 0 Å². The van der Waals surface area contributed by atoms with Crippen LogP contribution in [0.3, 0.4) is 0 Å². The predicted octanol–water partition coefficient (Wildman–Crippen LogP) is 5.04. The van der Waals surface area contributed by atoms with Crippen molar-refractivity contribution in [1.29, 1.82) is 0 Å². The second-order valence-corrected chi connectivity index (χ2v) is 11.9. The van der Waals surface area contributed by atoms with Crippen molar-refractivity contribution < 1.29 is 24.5 Å². The number of rotatable bonds is 5. The molecule has 0 heterocycles. The maximum absolute atomic E-state index is 12.4. The third-order valence-corrected chi connectivity index (χ3v) is 10.3. The van der Waals surface area contributed by atoms with Gasteiger partial charge in [0.2, 0.25) is 0 Å². The molecule has 0 amide bonds. The lowest BCUT2D eigenvalue weighted by Gasteiger charge is -2.59. The van der Waals surface area contributed by atoms with Crippen molar-refractivity contribution in [2.45, 2.75) is 84.2 Å². The molecule has 0 aliphatic heterocycles. The summed E-state index contributed by atoms with van der Waals surface area (Å²) in [5, 5.41) is 22.7. The van der Waals surface area contributed by atoms with Gasteiger partial charge in [0.15, 0.2) is 5.79 Å². The van der Waals surface area contributed by atoms with E-state index in [4.69, 9.17) is 9.47 Å². The molecule has 4 unspecified atom stereocenters. The largest absolute Gasteiger partial charge is 0.497 e. The zero-order chi connectivity index (χ0) is 24.3. The lowest BCUT2D eigenvalue weighted by Crippen LogP contribution is -2.56. The van der Waals surface area contributed by atoms with Gasteiger partial charge in [-0.05, 0) is 85.3 Å². The fourth-order valence-electron chi connectivity index (χ4n) is 8.34. The van der Waals surface area contributed by atoms with E-state index in [1.165, 1.54) is 0 Å². The van der Waals surface area contributed by atoms with Crippen LogP contribution >= 0.6 is 0 Å². The summed E-state index contributed by atoms with van der Waals surface area (Å²) in [6, 6.07) is 7.71. The van der Waals surface area contributed by atoms with Crippen LogP contribution in [0, 0.1) is 34.5 Å². The van der Waals surface area contributed by atoms with E-state index in [0.29, 0.717) is 37.1 Å². The fraction of sp³-hybridized carbons (Fsp3) is 0.690. The Morgan fingerprint density at radius 3 is 2.47 bits per heavy atom. The van der Waals surface area contributed by atoms with Crippen molar-refractivity contribution in [2.75, 3.05) is 7.11 Å². The number of aliphatic hydroxyl groups is 2. The summed E-state index contributed by atoms with van der Waals surface area (Å²) >= 11 is 0. The number of methoxy groups -OCH3 is 1. The Morgan fingerprint density at radius 2 is 1.79 bits per heavy atom. The minimum atomic E-state index is -1.21. The third-order valence-electron chi connectivity index (χ3n) is 10.3. The molecule has 1 aromatic carbocycles. The highest BCUT2D eigenvalue weighted by molar-refractivity contribution is 5.79. The van der Waals surface area contributed by atoms with E-state index in [1.807, 2.05) is 30.3 Å². The Labute approximate surface area is 203 Å². The van der Waals surface area contributed by atoms with Gasteiger partial charge in [0.25, 0.3) is 0 Å². The topological polar surface area (TPSA) is 76.0 Å². The van der Waals surface area contributed by atoms with Gasteiger partial charge in [-0.1, -0.05) is 37.6 Å². The second-order valence-electron chi connectivity index (χ2n) is 11.9. The molecule has 0 spiro atoms. The molecular weight excluding hydrogens is 428 g/mol. The van der Waals surface area contributed by atoms with Gasteiger partial charge in [-0.3, -0.25) is 4.79 Å². The Hall–Kier alpha value is -1.69. The normalized spacial score (nSPS) is 43.4. The Kier molecular flexibility index (Phi) is 5.98. The summed E-state index contributed by atoms with van der Waals surface area (Å²) in [7, 11) is 1.64. The Morgan fingerprint density at radius 1 is 1.06 bits per heavy atom. The van der Waals surface area contributed by atoms with Crippen LogP contribution in [0.1, 0.15) is 71.3 Å². The molecule has 1 aromatic rings. The quantitative estimate of drug-likeness (QED) is 0.468. The number of benzene rings is 1. The van der Waals surface area contributed by atoms with Gasteiger partial charge in [0, 0.05) is 18.8 Å². The van der Waals surface area contributed by atoms with Gasteiger partial charge < -0.3 is 19.7 Å². The Balaban J connectivity index is 1.34. The molecule has 3 fully saturated rings. The second kappa shape index (κ2) is 8.46. The molecule has 3 saturated carbocycles. The SMILES string of the molecule is COc1ccc(CO[C@@]2(O)CC[C@@]3(C)C(=CC(O)C4C3CC[C@@]3(C)C4CC[C@@H]3C(C)=O)C2)cc1. The average Bonchev–Trinajstić information content (AvgIpc) is 3.17. The molecule has 4 aliphatic rings. The van der Waals surface area contributed by atoms with Crippen molar-refractivity contribution in [1.82, 2.24) is 0 Å². The maximum Gasteiger partial charge on any atom is 0.169 e. The summed E-state index contributed by atoms with van der Waals surface area (Å²) in [6.45, 7) is 6.72. The number of ketones is 1. The first-order valence-corrected chi connectivity index (χ1v) is 13.0. The number of aliphatic hydroxyl groups excluding tert-OH is 1. The molecule has 5 rings (SSSR count). The van der Waals surface area contributed by atoms with Gasteiger partial charge in [-0.2, -0.15) is 0 Å². The van der Waals surface area contributed by atoms with Crippen LogP contribution in [0.25, 0.3) is 0 Å². The first-order valence-electron chi connectivity index (χ1n) is 13.0.